The van der Waals surface area contributed by atoms with Crippen LogP contribution < -0.4 is 17.0 Å². The predicted octanol–water partition coefficient (Wildman–Crippen LogP) is -2.28. The van der Waals surface area contributed by atoms with E-state index in [2.05, 4.69) is 0 Å². The molecule has 0 atom stereocenters. The number of hydrogen-bond acceptors (Lipinski definition) is 1. The first kappa shape index (κ1) is 10.1. The number of pyridine rings is 1. The van der Waals surface area contributed by atoms with E-state index in [9.17, 15) is 4.79 Å². The van der Waals surface area contributed by atoms with Gasteiger partial charge in [0.2, 0.25) is 0 Å². The number of nitrogens with zero attached hydrogens (tertiary/aromatic N) is 1. The highest BCUT2D eigenvalue weighted by atomic mass is 35.5. The number of halogens is 1. The molecule has 0 fully saturated rings. The van der Waals surface area contributed by atoms with Crippen molar-refractivity contribution in [1.29, 1.82) is 0 Å². The first-order valence-corrected chi connectivity index (χ1v) is 3.16. The van der Waals surface area contributed by atoms with E-state index in [1.807, 2.05) is 36.1 Å². The molecule has 0 aromatic carbocycles. The fraction of sp³-hybridized carbons (Fsp3) is 0.250. The summed E-state index contributed by atoms with van der Waals surface area (Å²) < 4.78 is 1.86. The maximum Gasteiger partial charge on any atom is 0.179 e. The Kier molecular flexibility index (Phi) is 3.76. The van der Waals surface area contributed by atoms with Gasteiger partial charge in [0.15, 0.2) is 18.2 Å². The van der Waals surface area contributed by atoms with E-state index < -0.39 is 0 Å². The number of Topliss-reactive ketones (excluding diaryl/α,β-unsaturated/α-hetero) is 1. The third kappa shape index (κ3) is 2.68. The smallest absolute Gasteiger partial charge is 0.179 e. The molecular weight excluding hydrogens is 162 g/mol. The van der Waals surface area contributed by atoms with Gasteiger partial charge in [0.05, 0.1) is 5.56 Å². The molecule has 3 heteroatoms. The maximum atomic E-state index is 10.8. The number of carbonyl (C=O) groups excluding carboxylic acids is 1. The Morgan fingerprint density at radius 2 is 2.18 bits per heavy atom. The summed E-state index contributed by atoms with van der Waals surface area (Å²) >= 11 is 0. The second kappa shape index (κ2) is 4.09. The zero-order valence-electron chi connectivity index (χ0n) is 6.54. The van der Waals surface area contributed by atoms with Crippen LogP contribution in [0.3, 0.4) is 0 Å². The largest absolute Gasteiger partial charge is 1.00 e. The summed E-state index contributed by atoms with van der Waals surface area (Å²) in [5.74, 6) is 0.108. The zero-order valence-corrected chi connectivity index (χ0v) is 7.30. The molecule has 11 heavy (non-hydrogen) atoms. The molecular formula is C8H10ClNO. The van der Waals surface area contributed by atoms with Crippen LogP contribution in [0.15, 0.2) is 24.5 Å². The molecule has 0 aliphatic carbocycles. The van der Waals surface area contributed by atoms with E-state index in [0.717, 1.165) is 5.56 Å². The fourth-order valence-corrected chi connectivity index (χ4v) is 0.796. The molecule has 0 bridgehead atoms. The molecule has 0 saturated carbocycles. The molecule has 0 radical (unpaired) electrons. The van der Waals surface area contributed by atoms with E-state index in [1.54, 1.807) is 6.92 Å². The molecule has 2 nitrogen and oxygen atoms in total. The van der Waals surface area contributed by atoms with Crippen molar-refractivity contribution < 1.29 is 21.8 Å². The third-order valence-electron chi connectivity index (χ3n) is 1.35. The van der Waals surface area contributed by atoms with Gasteiger partial charge in [-0.25, -0.2) is 4.57 Å². The highest BCUT2D eigenvalue weighted by molar-refractivity contribution is 5.93. The molecule has 0 spiro atoms. The molecule has 0 N–H and O–H groups in total. The second-order valence-electron chi connectivity index (χ2n) is 2.31. The van der Waals surface area contributed by atoms with Crippen molar-refractivity contribution in [1.82, 2.24) is 0 Å². The number of carbonyl (C=O) groups is 1. The van der Waals surface area contributed by atoms with Gasteiger partial charge in [-0.1, -0.05) is 0 Å². The lowest BCUT2D eigenvalue weighted by Gasteiger charge is -1.89. The van der Waals surface area contributed by atoms with Gasteiger partial charge >= 0.3 is 0 Å². The van der Waals surface area contributed by atoms with Gasteiger partial charge in [0, 0.05) is 6.07 Å². The Balaban J connectivity index is 0.000001000. The second-order valence-corrected chi connectivity index (χ2v) is 2.31. The quantitative estimate of drug-likeness (QED) is 0.345. The van der Waals surface area contributed by atoms with Crippen LogP contribution in [0.2, 0.25) is 0 Å². The first-order chi connectivity index (χ1) is 4.70. The van der Waals surface area contributed by atoms with Gasteiger partial charge in [-0.05, 0) is 13.0 Å². The average molecular weight is 172 g/mol. The molecule has 0 saturated heterocycles. The van der Waals surface area contributed by atoms with Crippen molar-refractivity contribution in [2.24, 2.45) is 7.05 Å². The molecule has 0 amide bonds. The van der Waals surface area contributed by atoms with Gasteiger partial charge in [-0.15, -0.1) is 0 Å². The Morgan fingerprint density at radius 3 is 2.55 bits per heavy atom. The van der Waals surface area contributed by atoms with Gasteiger partial charge in [-0.2, -0.15) is 0 Å². The van der Waals surface area contributed by atoms with Gasteiger partial charge in [0.1, 0.15) is 7.05 Å². The Labute approximate surface area is 72.3 Å². The van der Waals surface area contributed by atoms with Crippen molar-refractivity contribution in [3.8, 4) is 0 Å². The fourth-order valence-electron chi connectivity index (χ4n) is 0.796. The minimum absolute atomic E-state index is 0. The number of hydrogen-bond donors (Lipinski definition) is 0. The summed E-state index contributed by atoms with van der Waals surface area (Å²) in [5.41, 5.74) is 0.755. The Bertz CT molecular complexity index is 260. The van der Waals surface area contributed by atoms with Crippen molar-refractivity contribution in [3.63, 3.8) is 0 Å². The first-order valence-electron chi connectivity index (χ1n) is 3.16. The lowest BCUT2D eigenvalue weighted by atomic mass is 10.2. The van der Waals surface area contributed by atoms with Crippen LogP contribution in [0, 0.1) is 0 Å². The van der Waals surface area contributed by atoms with Gasteiger partial charge in [0.25, 0.3) is 0 Å². The minimum atomic E-state index is 0. The van der Waals surface area contributed by atoms with Crippen LogP contribution >= 0.6 is 0 Å². The van der Waals surface area contributed by atoms with E-state index in [-0.39, 0.29) is 18.2 Å². The van der Waals surface area contributed by atoms with Crippen LogP contribution in [0.5, 0.6) is 0 Å². The highest BCUT2D eigenvalue weighted by Gasteiger charge is 2.01. The normalized spacial score (nSPS) is 8.55. The van der Waals surface area contributed by atoms with Gasteiger partial charge in [-0.3, -0.25) is 4.79 Å². The van der Waals surface area contributed by atoms with Crippen molar-refractivity contribution >= 4 is 5.78 Å². The number of aromatic nitrogens is 1. The molecule has 0 unspecified atom stereocenters. The lowest BCUT2D eigenvalue weighted by molar-refractivity contribution is -0.671. The lowest BCUT2D eigenvalue weighted by Crippen LogP contribution is -3.00. The van der Waals surface area contributed by atoms with Crippen LogP contribution in [-0.4, -0.2) is 5.78 Å². The molecule has 1 aromatic rings. The summed E-state index contributed by atoms with van der Waals surface area (Å²) in [7, 11) is 1.90. The van der Waals surface area contributed by atoms with Crippen molar-refractivity contribution in [2.45, 2.75) is 6.92 Å². The van der Waals surface area contributed by atoms with E-state index >= 15 is 0 Å². The van der Waals surface area contributed by atoms with Crippen LogP contribution in [0.4, 0.5) is 0 Å². The number of rotatable bonds is 1. The van der Waals surface area contributed by atoms with Gasteiger partial charge < -0.3 is 12.4 Å². The van der Waals surface area contributed by atoms with Crippen LogP contribution in [0.25, 0.3) is 0 Å². The van der Waals surface area contributed by atoms with E-state index in [1.165, 1.54) is 0 Å². The summed E-state index contributed by atoms with van der Waals surface area (Å²) in [6, 6.07) is 3.67. The van der Waals surface area contributed by atoms with Crippen molar-refractivity contribution in [3.05, 3.63) is 30.1 Å². The standard InChI is InChI=1S/C8H10NO.ClH/c1-7(10)8-4-3-5-9(2)6-8;/h3-6H,1-2H3;1H/q+1;/p-1. The topological polar surface area (TPSA) is 20.9 Å². The molecule has 0 aliphatic rings. The summed E-state index contributed by atoms with van der Waals surface area (Å²) in [6.45, 7) is 1.56. The molecule has 1 heterocycles. The van der Waals surface area contributed by atoms with E-state index in [4.69, 9.17) is 0 Å². The summed E-state index contributed by atoms with van der Waals surface area (Å²) in [6.07, 6.45) is 3.70. The monoisotopic (exact) mass is 171 g/mol. The Hall–Kier alpha value is -0.890. The molecule has 1 rings (SSSR count). The zero-order chi connectivity index (χ0) is 7.56. The maximum absolute atomic E-state index is 10.8. The number of ketones is 1. The van der Waals surface area contributed by atoms with Crippen LogP contribution in [-0.2, 0) is 7.05 Å². The molecule has 0 aliphatic heterocycles. The van der Waals surface area contributed by atoms with Crippen molar-refractivity contribution in [2.75, 3.05) is 0 Å². The van der Waals surface area contributed by atoms with Crippen LogP contribution in [0.1, 0.15) is 17.3 Å². The SMILES string of the molecule is CC(=O)c1ccc[n+](C)c1.[Cl-]. The average Bonchev–Trinajstić information content (AvgIpc) is 1.88. The predicted molar refractivity (Wildman–Crippen MR) is 37.6 cm³/mol. The minimum Gasteiger partial charge on any atom is -1.00 e. The third-order valence-corrected chi connectivity index (χ3v) is 1.35. The summed E-state index contributed by atoms with van der Waals surface area (Å²) in [5, 5.41) is 0. The number of aryl methyl sites for hydroxylation is 1. The van der Waals surface area contributed by atoms with E-state index in [0.29, 0.717) is 0 Å². The molecule has 60 valence electrons. The Morgan fingerprint density at radius 1 is 1.55 bits per heavy atom. The molecule has 1 aromatic heterocycles. The summed E-state index contributed by atoms with van der Waals surface area (Å²) in [4.78, 5) is 10.8. The highest BCUT2D eigenvalue weighted by Crippen LogP contribution is 1.93.